The van der Waals surface area contributed by atoms with Gasteiger partial charge in [0.1, 0.15) is 0 Å². The number of guanidine groups is 1. The molecule has 6 nitrogen and oxygen atoms in total. The third-order valence-corrected chi connectivity index (χ3v) is 5.07. The summed E-state index contributed by atoms with van der Waals surface area (Å²) in [6.07, 6.45) is 8.61. The molecule has 3 fully saturated rings. The molecule has 7 heteroatoms. The molecule has 3 heterocycles. The standard InChI is InChI=1S/C18H26N4O2.HI/c1-19-18(22-15-9-14-4-5-16(15)24-14)21-10-13-6-7-20-17(8-13)23-11-12-2-3-12;/h6-8,12,14-16H,2-5,9-11H2,1H3,(H2,19,21,22);1H. The molecule has 0 aromatic carbocycles. The zero-order valence-corrected chi connectivity index (χ0v) is 16.9. The van der Waals surface area contributed by atoms with Crippen LogP contribution in [-0.2, 0) is 11.3 Å². The van der Waals surface area contributed by atoms with Gasteiger partial charge in [-0.15, -0.1) is 24.0 Å². The topological polar surface area (TPSA) is 67.8 Å². The Bertz CT molecular complexity index is 608. The van der Waals surface area contributed by atoms with E-state index in [1.54, 1.807) is 13.2 Å². The largest absolute Gasteiger partial charge is 0.477 e. The van der Waals surface area contributed by atoms with Gasteiger partial charge in [-0.1, -0.05) is 0 Å². The number of hydrogen-bond donors (Lipinski definition) is 2. The van der Waals surface area contributed by atoms with E-state index in [-0.39, 0.29) is 24.0 Å². The second-order valence-electron chi connectivity index (χ2n) is 7.04. The molecule has 2 bridgehead atoms. The van der Waals surface area contributed by atoms with Gasteiger partial charge >= 0.3 is 0 Å². The van der Waals surface area contributed by atoms with E-state index in [4.69, 9.17) is 9.47 Å². The minimum absolute atomic E-state index is 0. The Balaban J connectivity index is 0.00000182. The first-order valence-electron chi connectivity index (χ1n) is 9.00. The number of hydrogen-bond acceptors (Lipinski definition) is 4. The first kappa shape index (κ1) is 18.7. The van der Waals surface area contributed by atoms with Gasteiger partial charge in [0, 0.05) is 25.9 Å². The fourth-order valence-electron chi connectivity index (χ4n) is 3.47. The minimum atomic E-state index is 0. The zero-order valence-electron chi connectivity index (χ0n) is 14.6. The average molecular weight is 458 g/mol. The highest BCUT2D eigenvalue weighted by Crippen LogP contribution is 2.34. The lowest BCUT2D eigenvalue weighted by Crippen LogP contribution is -2.47. The van der Waals surface area contributed by atoms with Crippen molar-refractivity contribution in [3.63, 3.8) is 0 Å². The van der Waals surface area contributed by atoms with Crippen LogP contribution in [0.4, 0.5) is 0 Å². The molecule has 0 amide bonds. The molecule has 25 heavy (non-hydrogen) atoms. The number of nitrogens with zero attached hydrogens (tertiary/aromatic N) is 2. The van der Waals surface area contributed by atoms with Gasteiger partial charge < -0.3 is 20.1 Å². The number of ether oxygens (including phenoxy) is 2. The monoisotopic (exact) mass is 458 g/mol. The first-order chi connectivity index (χ1) is 11.8. The number of aliphatic imine (C=N–C) groups is 1. The zero-order chi connectivity index (χ0) is 16.4. The van der Waals surface area contributed by atoms with Crippen LogP contribution in [0.2, 0.25) is 0 Å². The van der Waals surface area contributed by atoms with Gasteiger partial charge in [0.2, 0.25) is 5.88 Å². The van der Waals surface area contributed by atoms with E-state index in [0.29, 0.717) is 30.7 Å². The van der Waals surface area contributed by atoms with Gasteiger partial charge in [-0.2, -0.15) is 0 Å². The van der Waals surface area contributed by atoms with Crippen molar-refractivity contribution in [2.45, 2.75) is 56.9 Å². The van der Waals surface area contributed by atoms with E-state index in [9.17, 15) is 0 Å². The van der Waals surface area contributed by atoms with E-state index in [1.165, 1.54) is 19.3 Å². The maximum atomic E-state index is 5.89. The third-order valence-electron chi connectivity index (χ3n) is 5.07. The molecule has 0 spiro atoms. The van der Waals surface area contributed by atoms with Crippen LogP contribution in [0.5, 0.6) is 5.88 Å². The van der Waals surface area contributed by atoms with Crippen molar-refractivity contribution in [2.24, 2.45) is 10.9 Å². The van der Waals surface area contributed by atoms with Gasteiger partial charge in [0.05, 0.1) is 24.9 Å². The quantitative estimate of drug-likeness (QED) is 0.390. The summed E-state index contributed by atoms with van der Waals surface area (Å²) in [6, 6.07) is 4.39. The van der Waals surface area contributed by atoms with Crippen molar-refractivity contribution in [3.8, 4) is 5.88 Å². The summed E-state index contributed by atoms with van der Waals surface area (Å²) >= 11 is 0. The van der Waals surface area contributed by atoms with E-state index in [2.05, 4.69) is 20.6 Å². The van der Waals surface area contributed by atoms with Gasteiger partial charge in [-0.05, 0) is 49.7 Å². The fraction of sp³-hybridized carbons (Fsp3) is 0.667. The molecule has 138 valence electrons. The van der Waals surface area contributed by atoms with Crippen molar-refractivity contribution in [1.29, 1.82) is 0 Å². The molecule has 0 radical (unpaired) electrons. The summed E-state index contributed by atoms with van der Waals surface area (Å²) in [6.45, 7) is 1.49. The Hall–Kier alpha value is -1.09. The molecule has 1 aromatic heterocycles. The predicted molar refractivity (Wildman–Crippen MR) is 108 cm³/mol. The summed E-state index contributed by atoms with van der Waals surface area (Å²) in [5.74, 6) is 2.28. The van der Waals surface area contributed by atoms with Gasteiger partial charge in [-0.25, -0.2) is 4.98 Å². The highest BCUT2D eigenvalue weighted by atomic mass is 127. The predicted octanol–water partition coefficient (Wildman–Crippen LogP) is 2.47. The summed E-state index contributed by atoms with van der Waals surface area (Å²) < 4.78 is 11.6. The average Bonchev–Trinajstić information content (AvgIpc) is 3.22. The molecular formula is C18H27IN4O2. The SMILES string of the molecule is CN=C(NCc1ccnc(OCC2CC2)c1)NC1CC2CCC1O2.I. The second kappa shape index (κ2) is 8.53. The maximum Gasteiger partial charge on any atom is 0.213 e. The fourth-order valence-corrected chi connectivity index (χ4v) is 3.47. The minimum Gasteiger partial charge on any atom is -0.477 e. The molecule has 2 saturated heterocycles. The van der Waals surface area contributed by atoms with Gasteiger partial charge in [0.25, 0.3) is 0 Å². The van der Waals surface area contributed by atoms with Crippen LogP contribution >= 0.6 is 24.0 Å². The van der Waals surface area contributed by atoms with Crippen molar-refractivity contribution < 1.29 is 9.47 Å². The molecule has 1 aromatic rings. The van der Waals surface area contributed by atoms with Crippen LogP contribution in [0.25, 0.3) is 0 Å². The van der Waals surface area contributed by atoms with Crippen LogP contribution in [0.3, 0.4) is 0 Å². The van der Waals surface area contributed by atoms with Crippen LogP contribution < -0.4 is 15.4 Å². The van der Waals surface area contributed by atoms with E-state index < -0.39 is 0 Å². The molecular weight excluding hydrogens is 431 g/mol. The molecule has 2 N–H and O–H groups in total. The van der Waals surface area contributed by atoms with Crippen molar-refractivity contribution >= 4 is 29.9 Å². The van der Waals surface area contributed by atoms with E-state index >= 15 is 0 Å². The van der Waals surface area contributed by atoms with Crippen LogP contribution in [0.1, 0.15) is 37.7 Å². The molecule has 1 saturated carbocycles. The Kier molecular flexibility index (Phi) is 6.38. The number of rotatable bonds is 6. The number of fused-ring (bicyclic) bond motifs is 2. The normalized spacial score (nSPS) is 27.7. The van der Waals surface area contributed by atoms with Crippen molar-refractivity contribution in [2.75, 3.05) is 13.7 Å². The Morgan fingerprint density at radius 1 is 1.36 bits per heavy atom. The van der Waals surface area contributed by atoms with E-state index in [1.807, 2.05) is 12.1 Å². The summed E-state index contributed by atoms with van der Waals surface area (Å²) in [4.78, 5) is 8.62. The van der Waals surface area contributed by atoms with Crippen molar-refractivity contribution in [1.82, 2.24) is 15.6 Å². The number of aromatic nitrogens is 1. The highest BCUT2D eigenvalue weighted by molar-refractivity contribution is 14.0. The number of pyridine rings is 1. The second-order valence-corrected chi connectivity index (χ2v) is 7.04. The van der Waals surface area contributed by atoms with Crippen molar-refractivity contribution in [3.05, 3.63) is 23.9 Å². The first-order valence-corrected chi connectivity index (χ1v) is 9.00. The lowest BCUT2D eigenvalue weighted by molar-refractivity contribution is 0.0992. The molecule has 3 aliphatic rings. The summed E-state index contributed by atoms with van der Waals surface area (Å²) in [7, 11) is 1.81. The Morgan fingerprint density at radius 3 is 2.92 bits per heavy atom. The Labute approximate surface area is 166 Å². The van der Waals surface area contributed by atoms with Crippen LogP contribution in [0.15, 0.2) is 23.3 Å². The lowest BCUT2D eigenvalue weighted by Gasteiger charge is -2.22. The van der Waals surface area contributed by atoms with E-state index in [0.717, 1.165) is 36.9 Å². The summed E-state index contributed by atoms with van der Waals surface area (Å²) in [5, 5.41) is 6.87. The molecule has 3 unspecified atom stereocenters. The summed E-state index contributed by atoms with van der Waals surface area (Å²) in [5.41, 5.74) is 1.14. The van der Waals surface area contributed by atoms with Gasteiger partial charge in [0.15, 0.2) is 5.96 Å². The smallest absolute Gasteiger partial charge is 0.213 e. The van der Waals surface area contributed by atoms with Crippen LogP contribution in [0, 0.1) is 5.92 Å². The highest BCUT2D eigenvalue weighted by Gasteiger charge is 2.41. The number of nitrogens with one attached hydrogen (secondary N) is 2. The molecule has 2 aliphatic heterocycles. The molecule has 1 aliphatic carbocycles. The Morgan fingerprint density at radius 2 is 2.24 bits per heavy atom. The van der Waals surface area contributed by atoms with Crippen LogP contribution in [-0.4, -0.2) is 42.8 Å². The lowest BCUT2D eigenvalue weighted by atomic mass is 9.96. The van der Waals surface area contributed by atoms with Gasteiger partial charge in [-0.3, -0.25) is 4.99 Å². The molecule has 3 atom stereocenters. The number of halogens is 1. The maximum absolute atomic E-state index is 5.89. The molecule has 4 rings (SSSR count). The third kappa shape index (κ3) is 4.97.